The third-order valence-corrected chi connectivity index (χ3v) is 4.30. The van der Waals surface area contributed by atoms with E-state index in [0.29, 0.717) is 5.02 Å². The molecule has 0 aromatic heterocycles. The molecule has 0 aliphatic carbocycles. The van der Waals surface area contributed by atoms with Gasteiger partial charge in [0.05, 0.1) is 0 Å². The van der Waals surface area contributed by atoms with Gasteiger partial charge in [-0.1, -0.05) is 41.9 Å². The van der Waals surface area contributed by atoms with E-state index in [4.69, 9.17) is 11.6 Å². The monoisotopic (exact) mass is 362 g/mol. The highest BCUT2D eigenvalue weighted by molar-refractivity contribution is 6.31. The predicted molar refractivity (Wildman–Crippen MR) is 95.4 cm³/mol. The summed E-state index contributed by atoms with van der Waals surface area (Å²) in [6.07, 6.45) is 0. The third-order valence-electron chi connectivity index (χ3n) is 3.93. The smallest absolute Gasteiger partial charge is 0.242 e. The van der Waals surface area contributed by atoms with Crippen molar-refractivity contribution in [2.75, 3.05) is 0 Å². The molecule has 0 heterocycles. The summed E-state index contributed by atoms with van der Waals surface area (Å²) in [5.74, 6) is -0.856. The van der Waals surface area contributed by atoms with Crippen molar-refractivity contribution in [3.05, 3.63) is 70.5 Å². The van der Waals surface area contributed by atoms with E-state index in [9.17, 15) is 14.0 Å². The Balaban J connectivity index is 2.02. The van der Waals surface area contributed by atoms with E-state index in [0.717, 1.165) is 11.1 Å². The van der Waals surface area contributed by atoms with Crippen molar-refractivity contribution < 1.29 is 14.0 Å². The van der Waals surface area contributed by atoms with Gasteiger partial charge in [0.15, 0.2) is 0 Å². The summed E-state index contributed by atoms with van der Waals surface area (Å²) in [6, 6.07) is 12.4. The second-order valence-corrected chi connectivity index (χ2v) is 6.17. The fourth-order valence-electron chi connectivity index (χ4n) is 2.42. The number of nitrogens with zero attached hydrogens (tertiary/aromatic N) is 1. The molecule has 0 aliphatic rings. The minimum absolute atomic E-state index is 0.232. The molecule has 2 aromatic rings. The summed E-state index contributed by atoms with van der Waals surface area (Å²) in [5, 5.41) is 3.37. The molecule has 6 heteroatoms. The second kappa shape index (κ2) is 8.62. The van der Waals surface area contributed by atoms with Crippen LogP contribution in [0, 0.1) is 5.82 Å². The molecule has 2 rings (SSSR count). The predicted octanol–water partition coefficient (Wildman–Crippen LogP) is 3.53. The molecule has 0 spiro atoms. The summed E-state index contributed by atoms with van der Waals surface area (Å²) >= 11 is 6.07. The van der Waals surface area contributed by atoms with Crippen LogP contribution in [0.5, 0.6) is 0 Å². The van der Waals surface area contributed by atoms with Crippen molar-refractivity contribution in [3.63, 3.8) is 0 Å². The van der Waals surface area contributed by atoms with E-state index in [2.05, 4.69) is 5.32 Å². The van der Waals surface area contributed by atoms with Gasteiger partial charge in [0.25, 0.3) is 0 Å². The van der Waals surface area contributed by atoms with Gasteiger partial charge in [-0.15, -0.1) is 0 Å². The minimum Gasteiger partial charge on any atom is -0.350 e. The molecule has 132 valence electrons. The Bertz CT molecular complexity index is 749. The molecule has 1 atom stereocenters. The first kappa shape index (κ1) is 18.9. The van der Waals surface area contributed by atoms with E-state index in [1.165, 1.54) is 24.0 Å². The summed E-state index contributed by atoms with van der Waals surface area (Å²) in [5.41, 5.74) is 1.56. The Labute approximate surface area is 151 Å². The zero-order valence-corrected chi connectivity index (χ0v) is 14.9. The number of carbonyl (C=O) groups excluding carboxylic acids is 2. The quantitative estimate of drug-likeness (QED) is 0.854. The minimum atomic E-state index is -0.662. The number of nitrogens with one attached hydrogen (secondary N) is 1. The molecule has 2 amide bonds. The van der Waals surface area contributed by atoms with Gasteiger partial charge in [-0.3, -0.25) is 9.59 Å². The lowest BCUT2D eigenvalue weighted by atomic mass is 10.1. The van der Waals surface area contributed by atoms with Gasteiger partial charge in [-0.25, -0.2) is 4.39 Å². The van der Waals surface area contributed by atoms with Gasteiger partial charge in [0.2, 0.25) is 11.8 Å². The van der Waals surface area contributed by atoms with Crippen LogP contribution in [0.1, 0.15) is 25.0 Å². The van der Waals surface area contributed by atoms with Crippen LogP contribution in [-0.2, 0) is 22.7 Å². The topological polar surface area (TPSA) is 49.4 Å². The molecular weight excluding hydrogens is 343 g/mol. The van der Waals surface area contributed by atoms with Gasteiger partial charge >= 0.3 is 0 Å². The van der Waals surface area contributed by atoms with Gasteiger partial charge < -0.3 is 10.2 Å². The Hall–Kier alpha value is -2.40. The Morgan fingerprint density at radius 1 is 1.16 bits per heavy atom. The molecule has 0 saturated heterocycles. The van der Waals surface area contributed by atoms with Crippen molar-refractivity contribution in [1.29, 1.82) is 0 Å². The number of rotatable bonds is 6. The van der Waals surface area contributed by atoms with Gasteiger partial charge in [-0.05, 0) is 36.2 Å². The lowest BCUT2D eigenvalue weighted by Gasteiger charge is -2.27. The number of benzene rings is 2. The summed E-state index contributed by atoms with van der Waals surface area (Å²) in [4.78, 5) is 25.8. The Morgan fingerprint density at radius 2 is 1.80 bits per heavy atom. The molecule has 0 bridgehead atoms. The Morgan fingerprint density at radius 3 is 2.40 bits per heavy atom. The fraction of sp³-hybridized carbons (Fsp3) is 0.263. The first-order valence-electron chi connectivity index (χ1n) is 7.91. The lowest BCUT2D eigenvalue weighted by Crippen LogP contribution is -2.46. The lowest BCUT2D eigenvalue weighted by molar-refractivity contribution is -0.139. The SMILES string of the molecule is CC(=O)N(Cc1ccc(F)cc1)[C@H](C)C(=O)NCc1ccccc1Cl. The van der Waals surface area contributed by atoms with Crippen molar-refractivity contribution in [2.24, 2.45) is 0 Å². The molecule has 25 heavy (non-hydrogen) atoms. The number of carbonyl (C=O) groups is 2. The van der Waals surface area contributed by atoms with Crippen LogP contribution < -0.4 is 5.32 Å². The second-order valence-electron chi connectivity index (χ2n) is 5.76. The molecule has 0 radical (unpaired) electrons. The third kappa shape index (κ3) is 5.29. The number of halogens is 2. The van der Waals surface area contributed by atoms with Crippen LogP contribution >= 0.6 is 11.6 Å². The van der Waals surface area contributed by atoms with Gasteiger partial charge in [-0.2, -0.15) is 0 Å². The Kier molecular flexibility index (Phi) is 6.53. The van der Waals surface area contributed by atoms with E-state index < -0.39 is 6.04 Å². The number of hydrogen-bond donors (Lipinski definition) is 1. The van der Waals surface area contributed by atoms with E-state index in [-0.39, 0.29) is 30.7 Å². The molecule has 4 nitrogen and oxygen atoms in total. The van der Waals surface area contributed by atoms with Crippen LogP contribution in [0.25, 0.3) is 0 Å². The van der Waals surface area contributed by atoms with Crippen LogP contribution in [0.2, 0.25) is 5.02 Å². The summed E-state index contributed by atoms with van der Waals surface area (Å²) < 4.78 is 13.0. The first-order chi connectivity index (χ1) is 11.9. The maximum atomic E-state index is 13.0. The average molecular weight is 363 g/mol. The normalized spacial score (nSPS) is 11.7. The van der Waals surface area contributed by atoms with E-state index >= 15 is 0 Å². The largest absolute Gasteiger partial charge is 0.350 e. The molecular formula is C19H20ClFN2O2. The van der Waals surface area contributed by atoms with Crippen LogP contribution in [0.15, 0.2) is 48.5 Å². The average Bonchev–Trinajstić information content (AvgIpc) is 2.59. The molecule has 0 fully saturated rings. The maximum absolute atomic E-state index is 13.0. The van der Waals surface area contributed by atoms with E-state index in [1.54, 1.807) is 25.1 Å². The fourth-order valence-corrected chi connectivity index (χ4v) is 2.62. The van der Waals surface area contributed by atoms with E-state index in [1.807, 2.05) is 18.2 Å². The molecule has 1 N–H and O–H groups in total. The zero-order valence-electron chi connectivity index (χ0n) is 14.1. The molecule has 2 aromatic carbocycles. The van der Waals surface area contributed by atoms with Crippen molar-refractivity contribution in [1.82, 2.24) is 10.2 Å². The highest BCUT2D eigenvalue weighted by Crippen LogP contribution is 2.15. The maximum Gasteiger partial charge on any atom is 0.242 e. The molecule has 0 unspecified atom stereocenters. The van der Waals surface area contributed by atoms with Crippen LogP contribution in [-0.4, -0.2) is 22.8 Å². The van der Waals surface area contributed by atoms with Crippen molar-refractivity contribution >= 4 is 23.4 Å². The van der Waals surface area contributed by atoms with Gasteiger partial charge in [0, 0.05) is 25.0 Å². The van der Waals surface area contributed by atoms with Crippen LogP contribution in [0.4, 0.5) is 4.39 Å². The van der Waals surface area contributed by atoms with Crippen molar-refractivity contribution in [3.8, 4) is 0 Å². The molecule has 0 saturated carbocycles. The number of hydrogen-bond acceptors (Lipinski definition) is 2. The van der Waals surface area contributed by atoms with Crippen LogP contribution in [0.3, 0.4) is 0 Å². The number of amides is 2. The standard InChI is InChI=1S/C19H20ClFN2O2/c1-13(19(25)22-11-16-5-3-4-6-18(16)20)23(14(2)24)12-15-7-9-17(21)10-8-15/h3-10,13H,11-12H2,1-2H3,(H,22,25)/t13-/m1/s1. The van der Waals surface area contributed by atoms with Crippen molar-refractivity contribution in [2.45, 2.75) is 33.0 Å². The molecule has 0 aliphatic heterocycles. The summed E-state index contributed by atoms with van der Waals surface area (Å²) in [7, 11) is 0. The summed E-state index contributed by atoms with van der Waals surface area (Å²) in [6.45, 7) is 3.58. The highest BCUT2D eigenvalue weighted by Gasteiger charge is 2.23. The first-order valence-corrected chi connectivity index (χ1v) is 8.29. The highest BCUT2D eigenvalue weighted by atomic mass is 35.5. The van der Waals surface area contributed by atoms with Gasteiger partial charge in [0.1, 0.15) is 11.9 Å². The zero-order chi connectivity index (χ0) is 18.4.